The Morgan fingerprint density at radius 2 is 0.758 bits per heavy atom. The van der Waals surface area contributed by atoms with Gasteiger partial charge in [0.2, 0.25) is 0 Å². The average molecular weight is 1320 g/mol. The van der Waals surface area contributed by atoms with Crippen molar-refractivity contribution in [3.63, 3.8) is 0 Å². The predicted molar refractivity (Wildman–Crippen MR) is 404 cm³/mol. The number of anilines is 1. The highest BCUT2D eigenvalue weighted by atomic mass is 16.6. The Labute approximate surface area is 585 Å². The molecule has 1 saturated heterocycles. The molecule has 2 fully saturated rings. The molecule has 0 spiro atoms. The number of aromatic amines is 2. The Balaban J connectivity index is 0.850. The molecular weight excluding hydrogens is 1230 g/mol. The fourth-order valence-electron chi connectivity index (χ4n) is 15.1. The second kappa shape index (κ2) is 33.0. The molecule has 0 unspecified atom stereocenters. The molecule has 0 amide bonds. The van der Waals surface area contributed by atoms with Crippen LogP contribution < -0.4 is 23.8 Å². The zero-order valence-electron chi connectivity index (χ0n) is 58.4. The van der Waals surface area contributed by atoms with Gasteiger partial charge >= 0.3 is 11.9 Å². The van der Waals surface area contributed by atoms with Gasteiger partial charge in [0.25, 0.3) is 0 Å². The molecule has 5 aliphatic rings. The van der Waals surface area contributed by atoms with Crippen LogP contribution in [0.15, 0.2) is 158 Å². The number of ether oxygens (including phenoxy) is 5. The molecular formula is C87H97N5O7. The second-order valence-corrected chi connectivity index (χ2v) is 27.6. The Bertz CT molecular complexity index is 4240. The van der Waals surface area contributed by atoms with Crippen molar-refractivity contribution >= 4 is 64.0 Å². The molecule has 10 bridgehead atoms. The van der Waals surface area contributed by atoms with Crippen molar-refractivity contribution in [2.24, 2.45) is 23.7 Å². The number of aromatic nitrogens is 4. The van der Waals surface area contributed by atoms with E-state index < -0.39 is 18.0 Å². The maximum absolute atomic E-state index is 13.8. The molecule has 12 heteroatoms. The molecule has 99 heavy (non-hydrogen) atoms. The molecule has 3 aliphatic heterocycles. The summed E-state index contributed by atoms with van der Waals surface area (Å²) in [5, 5.41) is 0. The Morgan fingerprint density at radius 3 is 1.11 bits per heavy atom. The first-order chi connectivity index (χ1) is 48.7. The van der Waals surface area contributed by atoms with Crippen molar-refractivity contribution in [2.45, 2.75) is 156 Å². The van der Waals surface area contributed by atoms with Crippen LogP contribution in [0.2, 0.25) is 0 Å². The number of hydrogen-bond acceptors (Lipinski definition) is 10. The van der Waals surface area contributed by atoms with E-state index in [9.17, 15) is 9.59 Å². The van der Waals surface area contributed by atoms with Crippen molar-refractivity contribution < 1.29 is 33.3 Å². The van der Waals surface area contributed by atoms with Crippen LogP contribution in [-0.4, -0.2) is 70.9 Å². The number of rotatable bonds is 33. The molecule has 12 nitrogen and oxygen atoms in total. The van der Waals surface area contributed by atoms with E-state index in [4.69, 9.17) is 33.7 Å². The molecule has 5 aromatic carbocycles. The predicted octanol–water partition coefficient (Wildman–Crippen LogP) is 22.0. The maximum atomic E-state index is 13.8. The quantitative estimate of drug-likeness (QED) is 0.0177. The number of nitrogens with one attached hydrogen (secondary N) is 2. The number of H-pyrrole nitrogens is 2. The molecule has 0 radical (unpaired) electrons. The van der Waals surface area contributed by atoms with Gasteiger partial charge in [-0.1, -0.05) is 178 Å². The number of esters is 2. The van der Waals surface area contributed by atoms with Crippen molar-refractivity contribution in [1.82, 2.24) is 19.9 Å². The van der Waals surface area contributed by atoms with Crippen LogP contribution in [-0.2, 0) is 9.53 Å². The summed E-state index contributed by atoms with van der Waals surface area (Å²) in [5.41, 5.74) is 15.4. The van der Waals surface area contributed by atoms with Gasteiger partial charge in [0.15, 0.2) is 6.10 Å². The number of benzene rings is 5. The first kappa shape index (κ1) is 68.1. The topological polar surface area (TPSA) is 141 Å². The third kappa shape index (κ3) is 16.5. The van der Waals surface area contributed by atoms with Crippen molar-refractivity contribution in [2.75, 3.05) is 37.8 Å². The van der Waals surface area contributed by atoms with Gasteiger partial charge in [-0.15, -0.1) is 0 Å². The summed E-state index contributed by atoms with van der Waals surface area (Å²) in [6, 6.07) is 48.7. The highest BCUT2D eigenvalue weighted by molar-refractivity contribution is 6.00. The third-order valence-corrected chi connectivity index (χ3v) is 20.6. The molecule has 5 atom stereocenters. The standard InChI is InChI=1S/C87H97N5O7/c1-5-8-11-14-17-20-53-95-68-37-27-60(28-38-68)82-74-45-47-76(88-74)83(61-29-39-69(40-30-61)96-54-21-18-15-12-9-6-2)78-49-51-80(90-78)85(81-52-50-79(91-81)84(77-48-46-75(82)89-77)62-31-41-70(42-32-62)97-55-22-19-16-13-10-7-3)63-33-43-71(44-34-63)99-86(93)59(4)98-87(94)64-25-35-67(36-26-64)92-57-72-65-23-24-66(56-65)73(72)58-92/h23-52,59,65-66,72-73,88,91H,5-22,53-58H2,1-4H3/t59-,65-,66+,72-,73+/m0/s1. The lowest BCUT2D eigenvalue weighted by Crippen LogP contribution is -2.28. The van der Waals surface area contributed by atoms with Crippen LogP contribution >= 0.6 is 0 Å². The average Bonchev–Trinajstić information content (AvgIpc) is 1.61. The van der Waals surface area contributed by atoms with E-state index >= 15 is 0 Å². The van der Waals surface area contributed by atoms with Crippen LogP contribution in [0.4, 0.5) is 5.69 Å². The number of fused-ring (bicyclic) bond motifs is 13. The van der Waals surface area contributed by atoms with Crippen LogP contribution in [0, 0.1) is 23.7 Å². The van der Waals surface area contributed by atoms with Crippen LogP contribution in [0.1, 0.15) is 183 Å². The number of hydrogen-bond donors (Lipinski definition) is 2. The van der Waals surface area contributed by atoms with Gasteiger partial charge in [-0.25, -0.2) is 19.6 Å². The van der Waals surface area contributed by atoms with E-state index in [0.29, 0.717) is 54.8 Å². The molecule has 3 aromatic heterocycles. The number of nitrogens with zero attached hydrogens (tertiary/aromatic N) is 3. The minimum Gasteiger partial charge on any atom is -0.494 e. The summed E-state index contributed by atoms with van der Waals surface area (Å²) >= 11 is 0. The lowest BCUT2D eigenvalue weighted by atomic mass is 9.86. The van der Waals surface area contributed by atoms with Gasteiger partial charge in [-0.05, 0) is 200 Å². The largest absolute Gasteiger partial charge is 0.494 e. The summed E-state index contributed by atoms with van der Waals surface area (Å²) in [6.45, 7) is 12.4. The molecule has 512 valence electrons. The van der Waals surface area contributed by atoms with E-state index in [0.717, 1.165) is 157 Å². The lowest BCUT2D eigenvalue weighted by molar-refractivity contribution is -0.143. The highest BCUT2D eigenvalue weighted by Crippen LogP contribution is 2.52. The minimum absolute atomic E-state index is 0.307. The van der Waals surface area contributed by atoms with E-state index in [2.05, 4.69) is 169 Å². The minimum atomic E-state index is -1.16. The van der Waals surface area contributed by atoms with Gasteiger partial charge in [0.1, 0.15) is 23.0 Å². The SMILES string of the molecule is CCCCCCCCOc1ccc(-c2c3nc(c(-c4ccc(OCCCCCCCC)cc4)c4ccc([nH]4)c(-c4ccc(OC(=O)[C@H](C)OC(=O)c5ccc(N6C[C@@H]7[C@H](C6)[C@@H]6C=C[C@H]7C6)cc5)cc4)c4nc(c(-c5ccc(OCCCCCCCC)cc5)c5ccc2[nH]5)C=C4)C=C3)cc1. The highest BCUT2D eigenvalue weighted by Gasteiger charge is 2.49. The monoisotopic (exact) mass is 1320 g/mol. The summed E-state index contributed by atoms with van der Waals surface area (Å²) in [4.78, 5) is 48.7. The molecule has 1 saturated carbocycles. The number of unbranched alkanes of at least 4 members (excludes halogenated alkanes) is 15. The van der Waals surface area contributed by atoms with Gasteiger partial charge in [0.05, 0.1) is 48.2 Å². The summed E-state index contributed by atoms with van der Waals surface area (Å²) in [5.74, 6) is 4.32. The van der Waals surface area contributed by atoms with Crippen molar-refractivity contribution in [1.29, 1.82) is 0 Å². The Morgan fingerprint density at radius 1 is 0.424 bits per heavy atom. The molecule has 8 aromatic rings. The molecule has 13 rings (SSSR count). The van der Waals surface area contributed by atoms with Crippen LogP contribution in [0.5, 0.6) is 23.0 Å². The molecule has 2 N–H and O–H groups in total. The van der Waals surface area contributed by atoms with E-state index in [1.54, 1.807) is 31.2 Å². The number of allylic oxidation sites excluding steroid dienone is 2. The first-order valence-corrected chi connectivity index (χ1v) is 37.1. The zero-order chi connectivity index (χ0) is 67.9. The van der Waals surface area contributed by atoms with Crippen LogP contribution in [0.25, 0.3) is 90.9 Å². The number of carbonyl (C=O) groups excluding carboxylic acids is 2. The Kier molecular flexibility index (Phi) is 22.7. The summed E-state index contributed by atoms with van der Waals surface area (Å²) in [7, 11) is 0. The van der Waals surface area contributed by atoms with Gasteiger partial charge < -0.3 is 38.6 Å². The van der Waals surface area contributed by atoms with Gasteiger partial charge in [-0.2, -0.15) is 0 Å². The lowest BCUT2D eigenvalue weighted by Gasteiger charge is -2.21. The Hall–Kier alpha value is -9.42. The van der Waals surface area contributed by atoms with Crippen molar-refractivity contribution in [3.8, 4) is 67.5 Å². The van der Waals surface area contributed by atoms with Gasteiger partial charge in [0, 0.05) is 63.1 Å². The smallest absolute Gasteiger partial charge is 0.352 e. The fourth-order valence-corrected chi connectivity index (χ4v) is 15.1. The third-order valence-electron chi connectivity index (χ3n) is 20.6. The van der Waals surface area contributed by atoms with E-state index in [1.165, 1.54) is 89.9 Å². The summed E-state index contributed by atoms with van der Waals surface area (Å²) in [6.07, 6.45) is 34.9. The summed E-state index contributed by atoms with van der Waals surface area (Å²) < 4.78 is 30.7. The van der Waals surface area contributed by atoms with Gasteiger partial charge in [-0.3, -0.25) is 0 Å². The molecule has 6 heterocycles. The molecule has 2 aliphatic carbocycles. The number of carbonyl (C=O) groups is 2. The van der Waals surface area contributed by atoms with E-state index in [-0.39, 0.29) is 0 Å². The second-order valence-electron chi connectivity index (χ2n) is 27.6. The normalized spacial score (nSPS) is 16.7. The fraction of sp³-hybridized carbons (Fsp3) is 0.379. The van der Waals surface area contributed by atoms with Crippen LogP contribution in [0.3, 0.4) is 0 Å². The van der Waals surface area contributed by atoms with Crippen molar-refractivity contribution in [3.05, 3.63) is 186 Å². The first-order valence-electron chi connectivity index (χ1n) is 37.1. The van der Waals surface area contributed by atoms with E-state index in [1.807, 2.05) is 24.3 Å². The zero-order valence-corrected chi connectivity index (χ0v) is 58.4. The maximum Gasteiger partial charge on any atom is 0.352 e.